The van der Waals surface area contributed by atoms with Crippen molar-refractivity contribution in [3.05, 3.63) is 29.8 Å². The van der Waals surface area contributed by atoms with Crippen LogP contribution in [0.25, 0.3) is 0 Å². The highest BCUT2D eigenvalue weighted by Crippen LogP contribution is 1.96. The van der Waals surface area contributed by atoms with Gasteiger partial charge in [-0.15, -0.1) is 0 Å². The highest BCUT2D eigenvalue weighted by Gasteiger charge is 2.10. The third kappa shape index (κ3) is 5.47. The Morgan fingerprint density at radius 2 is 1.50 bits per heavy atom. The molecule has 0 saturated carbocycles. The normalized spacial score (nSPS) is 9.00. The monoisotopic (exact) mass is 228 g/mol. The lowest BCUT2D eigenvalue weighted by molar-refractivity contribution is 0.0697. The first-order valence-electron chi connectivity index (χ1n) is 4.44. The Morgan fingerprint density at radius 1 is 1.06 bits per heavy atom. The van der Waals surface area contributed by atoms with Crippen LogP contribution < -0.4 is 5.46 Å². The Labute approximate surface area is 92.6 Å². The van der Waals surface area contributed by atoms with Gasteiger partial charge < -0.3 is 25.4 Å². The van der Waals surface area contributed by atoms with Gasteiger partial charge in [0.25, 0.3) is 0 Å². The zero-order chi connectivity index (χ0) is 12.6. The summed E-state index contributed by atoms with van der Waals surface area (Å²) in [6, 6.07) is 5.34. The molecule has 0 bridgehead atoms. The molecule has 0 radical (unpaired) electrons. The lowest BCUT2D eigenvalue weighted by Gasteiger charge is -1.98. The average molecular weight is 228 g/mol. The Bertz CT molecular complexity index is 308. The van der Waals surface area contributed by atoms with E-state index in [9.17, 15) is 4.79 Å². The molecular formula is C9H13BO6. The van der Waals surface area contributed by atoms with Crippen molar-refractivity contribution in [3.63, 3.8) is 0 Å². The third-order valence-electron chi connectivity index (χ3n) is 1.56. The molecule has 0 amide bonds. The Kier molecular flexibility index (Phi) is 7.14. The van der Waals surface area contributed by atoms with Crippen LogP contribution in [-0.4, -0.2) is 51.7 Å². The first-order valence-corrected chi connectivity index (χ1v) is 4.44. The van der Waals surface area contributed by atoms with Gasteiger partial charge in [-0.25, -0.2) is 4.79 Å². The van der Waals surface area contributed by atoms with Gasteiger partial charge in [-0.05, 0) is 17.6 Å². The number of aliphatic hydroxyl groups excluding tert-OH is 2. The Balaban J connectivity index is 0.000000487. The van der Waals surface area contributed by atoms with Gasteiger partial charge in [0.05, 0.1) is 18.8 Å². The van der Waals surface area contributed by atoms with Crippen molar-refractivity contribution in [1.29, 1.82) is 0 Å². The average Bonchev–Trinajstić information content (AvgIpc) is 2.29. The summed E-state index contributed by atoms with van der Waals surface area (Å²) in [4.78, 5) is 10.4. The van der Waals surface area contributed by atoms with Crippen LogP contribution in [0.3, 0.4) is 0 Å². The quantitative estimate of drug-likeness (QED) is 0.383. The predicted octanol–water partition coefficient (Wildman–Crippen LogP) is -1.96. The fourth-order valence-electron chi connectivity index (χ4n) is 0.798. The molecule has 0 aliphatic carbocycles. The molecule has 1 aromatic rings. The van der Waals surface area contributed by atoms with Crippen LogP contribution >= 0.6 is 0 Å². The topological polar surface area (TPSA) is 118 Å². The number of benzene rings is 1. The molecule has 0 unspecified atom stereocenters. The van der Waals surface area contributed by atoms with Crippen LogP contribution in [0.2, 0.25) is 0 Å². The number of rotatable bonds is 3. The van der Waals surface area contributed by atoms with Gasteiger partial charge in [0.15, 0.2) is 0 Å². The van der Waals surface area contributed by atoms with E-state index in [1.54, 1.807) is 0 Å². The smallest absolute Gasteiger partial charge is 0.478 e. The fourth-order valence-corrected chi connectivity index (χ4v) is 0.798. The van der Waals surface area contributed by atoms with E-state index in [0.717, 1.165) is 0 Å². The van der Waals surface area contributed by atoms with Gasteiger partial charge in [-0.3, -0.25) is 0 Å². The van der Waals surface area contributed by atoms with Gasteiger partial charge in [0.1, 0.15) is 0 Å². The van der Waals surface area contributed by atoms with Gasteiger partial charge in [-0.2, -0.15) is 0 Å². The molecule has 16 heavy (non-hydrogen) atoms. The standard InChI is InChI=1S/C7H7BO4.C2H6O2/c9-7(10)5-1-3-6(4-2-5)8(11)12;3-1-2-4/h1-4,11-12H,(H,9,10);3-4H,1-2H2. The van der Waals surface area contributed by atoms with E-state index in [4.69, 9.17) is 25.4 Å². The fraction of sp³-hybridized carbons (Fsp3) is 0.222. The van der Waals surface area contributed by atoms with E-state index in [0.29, 0.717) is 0 Å². The van der Waals surface area contributed by atoms with Gasteiger partial charge >= 0.3 is 13.1 Å². The second kappa shape index (κ2) is 7.83. The zero-order valence-corrected chi connectivity index (χ0v) is 8.45. The molecule has 0 heterocycles. The maximum absolute atomic E-state index is 10.4. The van der Waals surface area contributed by atoms with E-state index < -0.39 is 13.1 Å². The van der Waals surface area contributed by atoms with Crippen molar-refractivity contribution in [2.75, 3.05) is 13.2 Å². The number of hydrogen-bond acceptors (Lipinski definition) is 5. The highest BCUT2D eigenvalue weighted by atomic mass is 16.4. The molecule has 0 aromatic heterocycles. The van der Waals surface area contributed by atoms with Gasteiger partial charge in [0.2, 0.25) is 0 Å². The SMILES string of the molecule is O=C(O)c1ccc(B(O)O)cc1.OCCO. The van der Waals surface area contributed by atoms with Gasteiger partial charge in [0, 0.05) is 0 Å². The number of carboxylic acids is 1. The first-order chi connectivity index (χ1) is 7.52. The van der Waals surface area contributed by atoms with Crippen LogP contribution in [0, 0.1) is 0 Å². The molecule has 0 saturated heterocycles. The molecule has 1 rings (SSSR count). The van der Waals surface area contributed by atoms with E-state index >= 15 is 0 Å². The minimum Gasteiger partial charge on any atom is -0.478 e. The van der Waals surface area contributed by atoms with Crippen molar-refractivity contribution in [2.24, 2.45) is 0 Å². The molecule has 7 heteroatoms. The van der Waals surface area contributed by atoms with Crippen LogP contribution in [0.15, 0.2) is 24.3 Å². The second-order valence-corrected chi connectivity index (χ2v) is 2.75. The molecule has 0 atom stereocenters. The maximum atomic E-state index is 10.4. The summed E-state index contributed by atoms with van der Waals surface area (Å²) in [6.45, 7) is -0.250. The first kappa shape index (κ1) is 14.6. The molecule has 0 aliphatic heterocycles. The summed E-state index contributed by atoms with van der Waals surface area (Å²) >= 11 is 0. The minimum atomic E-state index is -1.55. The molecule has 0 aliphatic rings. The van der Waals surface area contributed by atoms with Crippen LogP contribution in [0.4, 0.5) is 0 Å². The number of carboxylic acid groups (broad SMARTS) is 1. The number of aromatic carboxylic acids is 1. The predicted molar refractivity (Wildman–Crippen MR) is 57.4 cm³/mol. The van der Waals surface area contributed by atoms with Crippen molar-refractivity contribution >= 4 is 18.6 Å². The van der Waals surface area contributed by atoms with E-state index in [1.807, 2.05) is 0 Å². The van der Waals surface area contributed by atoms with Crippen molar-refractivity contribution < 1.29 is 30.2 Å². The molecular weight excluding hydrogens is 215 g/mol. The summed E-state index contributed by atoms with van der Waals surface area (Å²) < 4.78 is 0. The lowest BCUT2D eigenvalue weighted by atomic mass is 9.80. The van der Waals surface area contributed by atoms with E-state index in [1.165, 1.54) is 24.3 Å². The van der Waals surface area contributed by atoms with Crippen LogP contribution in [0.5, 0.6) is 0 Å². The van der Waals surface area contributed by atoms with E-state index in [-0.39, 0.29) is 24.2 Å². The summed E-state index contributed by atoms with van der Waals surface area (Å²) in [5.74, 6) is -1.03. The molecule has 5 N–H and O–H groups in total. The highest BCUT2D eigenvalue weighted by molar-refractivity contribution is 6.58. The summed E-state index contributed by atoms with van der Waals surface area (Å²) in [5, 5.41) is 41.1. The molecule has 0 spiro atoms. The zero-order valence-electron chi connectivity index (χ0n) is 8.45. The molecule has 1 aromatic carbocycles. The Morgan fingerprint density at radius 3 is 1.75 bits per heavy atom. The second-order valence-electron chi connectivity index (χ2n) is 2.75. The lowest BCUT2D eigenvalue weighted by Crippen LogP contribution is -2.29. The molecule has 6 nitrogen and oxygen atoms in total. The largest absolute Gasteiger partial charge is 0.488 e. The van der Waals surface area contributed by atoms with Crippen molar-refractivity contribution in [3.8, 4) is 0 Å². The summed E-state index contributed by atoms with van der Waals surface area (Å²) in [5.41, 5.74) is 0.402. The molecule has 0 fully saturated rings. The van der Waals surface area contributed by atoms with Gasteiger partial charge in [-0.1, -0.05) is 12.1 Å². The van der Waals surface area contributed by atoms with E-state index in [2.05, 4.69) is 0 Å². The van der Waals surface area contributed by atoms with Crippen molar-refractivity contribution in [2.45, 2.75) is 0 Å². The summed E-state index contributed by atoms with van der Waals surface area (Å²) in [7, 11) is -1.55. The number of carbonyl (C=O) groups is 1. The van der Waals surface area contributed by atoms with Crippen molar-refractivity contribution in [1.82, 2.24) is 0 Å². The third-order valence-corrected chi connectivity index (χ3v) is 1.56. The Hall–Kier alpha value is -1.41. The number of hydrogen-bond donors (Lipinski definition) is 5. The maximum Gasteiger partial charge on any atom is 0.488 e. The van der Waals surface area contributed by atoms with Crippen LogP contribution in [-0.2, 0) is 0 Å². The number of aliphatic hydroxyl groups is 2. The minimum absolute atomic E-state index is 0.124. The molecule has 88 valence electrons. The summed E-state index contributed by atoms with van der Waals surface area (Å²) in [6.07, 6.45) is 0. The van der Waals surface area contributed by atoms with Crippen LogP contribution in [0.1, 0.15) is 10.4 Å².